The summed E-state index contributed by atoms with van der Waals surface area (Å²) in [6.07, 6.45) is 10.5. The minimum absolute atomic E-state index is 0.00977. The van der Waals surface area contributed by atoms with Crippen molar-refractivity contribution in [1.82, 2.24) is 44.9 Å². The summed E-state index contributed by atoms with van der Waals surface area (Å²) in [6.45, 7) is 9.63. The van der Waals surface area contributed by atoms with Crippen molar-refractivity contribution >= 4 is 74.4 Å². The molecule has 2 aliphatic rings. The number of aromatic nitrogens is 7. The fourth-order valence-electron chi connectivity index (χ4n) is 8.51. The third-order valence-corrected chi connectivity index (χ3v) is 12.0. The SMILES string of the molecule is CC(=O)c1c(C)c2cnc(Nc3ccc(N4CCN(CC(=O)NCCOCCOCCC(=O)Nc5c(C(=O)Nc6ccc(C)cn6)ccc6[nH]ncc56)CC4)cn3)nc2n(C2CCCC2)c1=O. The maximum absolute atomic E-state index is 13.6. The lowest BCUT2D eigenvalue weighted by Gasteiger charge is -2.35. The Hall–Kier alpha value is -7.16. The van der Waals surface area contributed by atoms with Crippen molar-refractivity contribution in [3.05, 3.63) is 93.8 Å². The molecule has 6 aromatic rings. The molecular weight excluding hydrogens is 859 g/mol. The smallest absolute Gasteiger partial charge is 0.263 e. The number of amides is 3. The van der Waals surface area contributed by atoms with E-state index in [0.717, 1.165) is 50.0 Å². The molecule has 350 valence electrons. The molecule has 6 heterocycles. The topological polar surface area (TPSA) is 244 Å². The first-order chi connectivity index (χ1) is 32.5. The molecule has 1 aliphatic carbocycles. The third kappa shape index (κ3) is 11.3. The van der Waals surface area contributed by atoms with E-state index in [1.165, 1.54) is 6.92 Å². The van der Waals surface area contributed by atoms with Crippen molar-refractivity contribution in [3.63, 3.8) is 0 Å². The number of carbonyl (C=O) groups is 4. The van der Waals surface area contributed by atoms with Crippen molar-refractivity contribution in [2.24, 2.45) is 0 Å². The predicted molar refractivity (Wildman–Crippen MR) is 253 cm³/mol. The van der Waals surface area contributed by atoms with Gasteiger partial charge < -0.3 is 35.6 Å². The molecule has 0 radical (unpaired) electrons. The third-order valence-electron chi connectivity index (χ3n) is 12.0. The van der Waals surface area contributed by atoms with Crippen LogP contribution in [0.25, 0.3) is 21.9 Å². The van der Waals surface area contributed by atoms with E-state index in [1.54, 1.807) is 54.5 Å². The quantitative estimate of drug-likeness (QED) is 0.0547. The highest BCUT2D eigenvalue weighted by molar-refractivity contribution is 6.15. The molecule has 67 heavy (non-hydrogen) atoms. The predicted octanol–water partition coefficient (Wildman–Crippen LogP) is 4.69. The molecule has 0 unspecified atom stereocenters. The molecule has 1 aliphatic heterocycles. The van der Waals surface area contributed by atoms with Crippen LogP contribution >= 0.6 is 0 Å². The van der Waals surface area contributed by atoms with Gasteiger partial charge >= 0.3 is 0 Å². The Labute approximate surface area is 386 Å². The van der Waals surface area contributed by atoms with Crippen LogP contribution < -0.4 is 31.7 Å². The molecule has 1 saturated heterocycles. The molecule has 20 heteroatoms. The van der Waals surface area contributed by atoms with Crippen LogP contribution in [0.5, 0.6) is 0 Å². The minimum Gasteiger partial charge on any atom is -0.379 e. The molecule has 5 aromatic heterocycles. The highest BCUT2D eigenvalue weighted by Gasteiger charge is 2.26. The molecule has 5 N–H and O–H groups in total. The van der Waals surface area contributed by atoms with Gasteiger partial charge in [0.2, 0.25) is 17.8 Å². The summed E-state index contributed by atoms with van der Waals surface area (Å²) in [4.78, 5) is 87.2. The summed E-state index contributed by atoms with van der Waals surface area (Å²) in [5.74, 6) is 0.175. The van der Waals surface area contributed by atoms with E-state index in [2.05, 4.69) is 56.2 Å². The van der Waals surface area contributed by atoms with Gasteiger partial charge in [0.05, 0.1) is 79.8 Å². The number of ether oxygens (including phenoxy) is 2. The Morgan fingerprint density at radius 3 is 2.28 bits per heavy atom. The molecule has 0 atom stereocenters. The number of benzene rings is 1. The average molecular weight is 914 g/mol. The number of hydrogen-bond acceptors (Lipinski definition) is 15. The number of Topliss-reactive ketones (excluding diaryl/α,β-unsaturated/α-hetero) is 1. The number of piperazine rings is 1. The number of carbonyl (C=O) groups excluding carboxylic acids is 4. The Morgan fingerprint density at radius 1 is 0.791 bits per heavy atom. The zero-order chi connectivity index (χ0) is 46.9. The molecule has 3 amide bonds. The number of ketones is 1. The zero-order valence-corrected chi connectivity index (χ0v) is 37.9. The van der Waals surface area contributed by atoms with Gasteiger partial charge in [-0.15, -0.1) is 0 Å². The van der Waals surface area contributed by atoms with Crippen LogP contribution in [0.3, 0.4) is 0 Å². The number of aromatic amines is 1. The minimum atomic E-state index is -0.419. The normalized spacial score (nSPS) is 14.4. The van der Waals surface area contributed by atoms with Gasteiger partial charge in [-0.05, 0) is 75.1 Å². The first kappa shape index (κ1) is 46.4. The van der Waals surface area contributed by atoms with E-state index < -0.39 is 5.91 Å². The highest BCUT2D eigenvalue weighted by atomic mass is 16.5. The monoisotopic (exact) mass is 913 g/mol. The lowest BCUT2D eigenvalue weighted by molar-refractivity contribution is -0.122. The number of pyridine rings is 3. The molecule has 1 aromatic carbocycles. The maximum atomic E-state index is 13.6. The van der Waals surface area contributed by atoms with Crippen molar-refractivity contribution in [3.8, 4) is 0 Å². The molecule has 0 bridgehead atoms. The second-order valence-electron chi connectivity index (χ2n) is 16.8. The van der Waals surface area contributed by atoms with Crippen LogP contribution in [0.2, 0.25) is 0 Å². The van der Waals surface area contributed by atoms with Gasteiger partial charge in [0.1, 0.15) is 17.3 Å². The Balaban J connectivity index is 0.710. The summed E-state index contributed by atoms with van der Waals surface area (Å²) >= 11 is 0. The van der Waals surface area contributed by atoms with Gasteiger partial charge in [0.15, 0.2) is 5.78 Å². The fourth-order valence-corrected chi connectivity index (χ4v) is 8.51. The molecule has 2 fully saturated rings. The summed E-state index contributed by atoms with van der Waals surface area (Å²) in [5, 5.41) is 19.9. The number of nitrogens with one attached hydrogen (secondary N) is 5. The second-order valence-corrected chi connectivity index (χ2v) is 16.8. The van der Waals surface area contributed by atoms with E-state index in [9.17, 15) is 24.0 Å². The number of nitrogens with zero attached hydrogens (tertiary/aromatic N) is 8. The first-order valence-corrected chi connectivity index (χ1v) is 22.6. The molecular formula is C47H55N13O7. The van der Waals surface area contributed by atoms with E-state index in [0.29, 0.717) is 83.6 Å². The number of fused-ring (bicyclic) bond motifs is 2. The maximum Gasteiger partial charge on any atom is 0.263 e. The largest absolute Gasteiger partial charge is 0.379 e. The Bertz CT molecular complexity index is 2800. The number of aryl methyl sites for hydroxylation is 2. The number of anilines is 5. The van der Waals surface area contributed by atoms with Gasteiger partial charge in [-0.25, -0.2) is 15.0 Å². The molecule has 1 saturated carbocycles. The summed E-state index contributed by atoms with van der Waals surface area (Å²) in [6, 6.07) is 10.7. The van der Waals surface area contributed by atoms with Crippen molar-refractivity contribution in [2.45, 2.75) is 58.9 Å². The first-order valence-electron chi connectivity index (χ1n) is 22.6. The Morgan fingerprint density at radius 2 is 1.55 bits per heavy atom. The van der Waals surface area contributed by atoms with E-state index in [4.69, 9.17) is 14.5 Å². The van der Waals surface area contributed by atoms with E-state index >= 15 is 0 Å². The van der Waals surface area contributed by atoms with Gasteiger partial charge in [-0.2, -0.15) is 10.1 Å². The number of rotatable bonds is 19. The molecule has 20 nitrogen and oxygen atoms in total. The average Bonchev–Trinajstić information content (AvgIpc) is 4.04. The van der Waals surface area contributed by atoms with E-state index in [-0.39, 0.29) is 66.5 Å². The lowest BCUT2D eigenvalue weighted by Crippen LogP contribution is -2.49. The standard InChI is InChI=1S/C47H55N13O7/c1-29-8-12-38(49-24-29)53-45(64)34-10-11-37-36(27-52-57-37)43(34)55-40(62)14-20-66-22-23-67-21-15-48-41(63)28-58-16-18-59(19-17-58)33-9-13-39(50-25-33)54-47-51-26-35-30(2)42(31(3)61)46(65)60(44(35)56-47)32-6-4-5-7-32/h8-13,24-27,32H,4-7,14-23,28H2,1-3H3,(H,48,63)(H,52,57)(H,55,62)(H,49,53,64)(H,50,51,54,56). The van der Waals surface area contributed by atoms with Gasteiger partial charge in [0, 0.05) is 61.9 Å². The number of H-pyrrole nitrogens is 1. The van der Waals surface area contributed by atoms with Crippen molar-refractivity contribution < 1.29 is 28.7 Å². The number of hydrogen-bond donors (Lipinski definition) is 5. The van der Waals surface area contributed by atoms with Crippen LogP contribution in [-0.2, 0) is 19.1 Å². The van der Waals surface area contributed by atoms with Crippen LogP contribution in [0.4, 0.5) is 29.0 Å². The van der Waals surface area contributed by atoms with Gasteiger partial charge in [-0.3, -0.25) is 38.5 Å². The highest BCUT2D eigenvalue weighted by Crippen LogP contribution is 2.32. The van der Waals surface area contributed by atoms with Crippen LogP contribution in [0, 0.1) is 13.8 Å². The summed E-state index contributed by atoms with van der Waals surface area (Å²) in [7, 11) is 0. The molecule has 0 spiro atoms. The van der Waals surface area contributed by atoms with Gasteiger partial charge in [-0.1, -0.05) is 18.9 Å². The lowest BCUT2D eigenvalue weighted by atomic mass is 10.0. The summed E-state index contributed by atoms with van der Waals surface area (Å²) < 4.78 is 12.9. The van der Waals surface area contributed by atoms with Crippen LogP contribution in [-0.4, -0.2) is 129 Å². The fraction of sp³-hybridized carbons (Fsp3) is 0.404. The van der Waals surface area contributed by atoms with Crippen LogP contribution in [0.15, 0.2) is 66.0 Å². The second kappa shape index (κ2) is 21.4. The summed E-state index contributed by atoms with van der Waals surface area (Å²) in [5.41, 5.74) is 4.22. The van der Waals surface area contributed by atoms with Crippen molar-refractivity contribution in [2.75, 3.05) is 86.5 Å². The van der Waals surface area contributed by atoms with Gasteiger partial charge in [0.25, 0.3) is 11.5 Å². The van der Waals surface area contributed by atoms with Crippen LogP contribution in [0.1, 0.15) is 76.9 Å². The van der Waals surface area contributed by atoms with E-state index in [1.807, 2.05) is 25.1 Å². The zero-order valence-electron chi connectivity index (χ0n) is 37.9. The van der Waals surface area contributed by atoms with Crippen molar-refractivity contribution in [1.29, 1.82) is 0 Å². The Kier molecular flexibility index (Phi) is 14.8. The molecule has 8 rings (SSSR count).